The molecule has 7 nitrogen and oxygen atoms in total. The molecule has 2 bridgehead atoms. The first-order chi connectivity index (χ1) is 9.13. The summed E-state index contributed by atoms with van der Waals surface area (Å²) in [6.45, 7) is 0.797. The van der Waals surface area contributed by atoms with Gasteiger partial charge in [-0.15, -0.1) is 0 Å². The third-order valence-corrected chi connectivity index (χ3v) is 4.49. The number of hydrogen-bond donors (Lipinski definition) is 1. The van der Waals surface area contributed by atoms with Crippen molar-refractivity contribution in [2.75, 3.05) is 20.3 Å². The minimum atomic E-state index is -5.82. The Morgan fingerprint density at radius 2 is 1.85 bits per heavy atom. The van der Waals surface area contributed by atoms with E-state index in [-0.39, 0.29) is 24.9 Å². The summed E-state index contributed by atoms with van der Waals surface area (Å²) in [5, 5.41) is -4.94. The number of halogens is 2. The average Bonchev–Trinajstić information content (AvgIpc) is 2.28. The molecule has 2 atom stereocenters. The monoisotopic (exact) mass is 315 g/mol. The van der Waals surface area contributed by atoms with Crippen LogP contribution in [-0.2, 0) is 24.4 Å². The second-order valence-corrected chi connectivity index (χ2v) is 6.46. The van der Waals surface area contributed by atoms with Crippen molar-refractivity contribution < 1.29 is 36.0 Å². The van der Waals surface area contributed by atoms with Crippen molar-refractivity contribution in [2.45, 2.75) is 36.3 Å². The molecular weight excluding hydrogens is 300 g/mol. The number of carbonyl (C=O) groups is 1. The zero-order chi connectivity index (χ0) is 15.1. The van der Waals surface area contributed by atoms with Crippen molar-refractivity contribution in [2.24, 2.45) is 0 Å². The first-order valence-electron chi connectivity index (χ1n) is 5.98. The molecule has 2 aliphatic rings. The second-order valence-electron chi connectivity index (χ2n) is 5.00. The number of hydrogen-bond acceptors (Lipinski definition) is 6. The Morgan fingerprint density at radius 3 is 2.30 bits per heavy atom. The summed E-state index contributed by atoms with van der Waals surface area (Å²) in [6.07, 6.45) is -0.258. The van der Waals surface area contributed by atoms with Gasteiger partial charge in [-0.25, -0.2) is 4.79 Å². The maximum Gasteiger partial charge on any atom is 0.465 e. The van der Waals surface area contributed by atoms with E-state index in [1.165, 1.54) is 0 Å². The molecule has 2 aliphatic heterocycles. The number of morpholine rings is 1. The van der Waals surface area contributed by atoms with E-state index in [1.54, 1.807) is 0 Å². The van der Waals surface area contributed by atoms with Gasteiger partial charge in [0.1, 0.15) is 6.10 Å². The van der Waals surface area contributed by atoms with Gasteiger partial charge in [0.15, 0.2) is 0 Å². The van der Waals surface area contributed by atoms with E-state index in [1.807, 2.05) is 11.9 Å². The highest BCUT2D eigenvalue weighted by Gasteiger charge is 2.55. The van der Waals surface area contributed by atoms with Crippen LogP contribution in [0.1, 0.15) is 12.8 Å². The van der Waals surface area contributed by atoms with Crippen LogP contribution in [0.5, 0.6) is 0 Å². The van der Waals surface area contributed by atoms with Crippen molar-refractivity contribution in [1.29, 1.82) is 0 Å². The Bertz CT molecular complexity index is 482. The number of nitrogens with zero attached hydrogens (tertiary/aromatic N) is 1. The molecule has 2 saturated heterocycles. The van der Waals surface area contributed by atoms with Gasteiger partial charge in [-0.2, -0.15) is 17.2 Å². The molecule has 0 aromatic rings. The first-order valence-corrected chi connectivity index (χ1v) is 7.42. The maximum atomic E-state index is 13.1. The van der Waals surface area contributed by atoms with Crippen molar-refractivity contribution in [3.05, 3.63) is 0 Å². The van der Waals surface area contributed by atoms with Crippen molar-refractivity contribution in [3.8, 4) is 0 Å². The van der Waals surface area contributed by atoms with E-state index in [0.29, 0.717) is 13.2 Å². The highest BCUT2D eigenvalue weighted by molar-refractivity contribution is 7.87. The van der Waals surface area contributed by atoms with Gasteiger partial charge in [-0.05, 0) is 7.05 Å². The van der Waals surface area contributed by atoms with Crippen LogP contribution in [0.25, 0.3) is 0 Å². The van der Waals surface area contributed by atoms with Crippen molar-refractivity contribution >= 4 is 16.1 Å². The Kier molecular flexibility index (Phi) is 4.02. The number of carbonyl (C=O) groups excluding carboxylic acids is 1. The summed E-state index contributed by atoms with van der Waals surface area (Å²) in [5.41, 5.74) is 0. The lowest BCUT2D eigenvalue weighted by molar-refractivity contribution is -0.176. The molecule has 2 rings (SSSR count). The number of rotatable bonds is 3. The minimum Gasteiger partial charge on any atom is -0.457 e. The fraction of sp³-hybridized carbons (Fsp3) is 0.900. The highest BCUT2D eigenvalue weighted by atomic mass is 32.2. The molecule has 0 spiro atoms. The molecular formula is C10H15F2NO6S. The Morgan fingerprint density at radius 1 is 1.35 bits per heavy atom. The topological polar surface area (TPSA) is 93.1 Å². The third-order valence-electron chi connectivity index (χ3n) is 3.68. The molecule has 10 heteroatoms. The summed E-state index contributed by atoms with van der Waals surface area (Å²) >= 11 is 0. The predicted molar refractivity (Wildman–Crippen MR) is 61.8 cm³/mol. The van der Waals surface area contributed by atoms with E-state index >= 15 is 0 Å². The van der Waals surface area contributed by atoms with Crippen molar-refractivity contribution in [1.82, 2.24) is 4.90 Å². The molecule has 2 unspecified atom stereocenters. The lowest BCUT2D eigenvalue weighted by Crippen LogP contribution is -2.57. The largest absolute Gasteiger partial charge is 0.465 e. The Labute approximate surface area is 114 Å². The van der Waals surface area contributed by atoms with Crippen LogP contribution in [0.15, 0.2) is 0 Å². The van der Waals surface area contributed by atoms with Gasteiger partial charge in [0.05, 0.1) is 13.2 Å². The highest BCUT2D eigenvalue weighted by Crippen LogP contribution is 2.30. The number of alkyl halides is 2. The third kappa shape index (κ3) is 2.78. The SMILES string of the molecule is CN1C2COCC1CC(OC(=O)C(F)(F)S(=O)(=O)O)C2. The lowest BCUT2D eigenvalue weighted by atomic mass is 9.92. The van der Waals surface area contributed by atoms with Gasteiger partial charge in [-0.1, -0.05) is 0 Å². The number of ether oxygens (including phenoxy) is 2. The first kappa shape index (κ1) is 15.5. The fourth-order valence-electron chi connectivity index (χ4n) is 2.47. The molecule has 1 N–H and O–H groups in total. The molecule has 0 saturated carbocycles. The molecule has 116 valence electrons. The van der Waals surface area contributed by atoms with Gasteiger partial charge in [0.25, 0.3) is 0 Å². The summed E-state index contributed by atoms with van der Waals surface area (Å²) in [5.74, 6) is -2.24. The number of esters is 1. The number of fused-ring (bicyclic) bond motifs is 2. The molecule has 20 heavy (non-hydrogen) atoms. The van der Waals surface area contributed by atoms with E-state index in [2.05, 4.69) is 4.74 Å². The molecule has 0 amide bonds. The Hall–Kier alpha value is -0.840. The zero-order valence-corrected chi connectivity index (χ0v) is 11.5. The molecule has 0 aromatic heterocycles. The summed E-state index contributed by atoms with van der Waals surface area (Å²) in [6, 6.07) is -0.140. The van der Waals surface area contributed by atoms with E-state index < -0.39 is 27.4 Å². The van der Waals surface area contributed by atoms with Crippen LogP contribution in [0, 0.1) is 0 Å². The lowest BCUT2D eigenvalue weighted by Gasteiger charge is -2.46. The Balaban J connectivity index is 2.03. The van der Waals surface area contributed by atoms with Crippen LogP contribution in [0.3, 0.4) is 0 Å². The number of piperidine rings is 1. The minimum absolute atomic E-state index is 0.0698. The summed E-state index contributed by atoms with van der Waals surface area (Å²) in [7, 11) is -3.96. The van der Waals surface area contributed by atoms with Crippen LogP contribution < -0.4 is 0 Å². The average molecular weight is 315 g/mol. The van der Waals surface area contributed by atoms with Crippen LogP contribution in [0.4, 0.5) is 8.78 Å². The maximum absolute atomic E-state index is 13.1. The number of likely N-dealkylation sites (N-methyl/N-ethyl adjacent to an activating group) is 1. The van der Waals surface area contributed by atoms with E-state index in [9.17, 15) is 22.0 Å². The van der Waals surface area contributed by atoms with Crippen LogP contribution >= 0.6 is 0 Å². The predicted octanol–water partition coefficient (Wildman–Crippen LogP) is -0.128. The normalized spacial score (nSPS) is 31.9. The van der Waals surface area contributed by atoms with E-state index in [4.69, 9.17) is 9.29 Å². The van der Waals surface area contributed by atoms with Crippen LogP contribution in [-0.4, -0.2) is 67.5 Å². The van der Waals surface area contributed by atoms with E-state index in [0.717, 1.165) is 0 Å². The van der Waals surface area contributed by atoms with Gasteiger partial charge >= 0.3 is 21.3 Å². The molecule has 0 radical (unpaired) electrons. The van der Waals surface area contributed by atoms with Gasteiger partial charge in [0.2, 0.25) is 0 Å². The quantitative estimate of drug-likeness (QED) is 0.573. The fourth-order valence-corrected chi connectivity index (χ4v) is 2.73. The summed E-state index contributed by atoms with van der Waals surface area (Å²) in [4.78, 5) is 13.2. The molecule has 0 aliphatic carbocycles. The molecule has 2 heterocycles. The smallest absolute Gasteiger partial charge is 0.457 e. The van der Waals surface area contributed by atoms with Crippen LogP contribution in [0.2, 0.25) is 0 Å². The molecule has 0 aromatic carbocycles. The summed E-state index contributed by atoms with van der Waals surface area (Å²) < 4.78 is 65.3. The van der Waals surface area contributed by atoms with Gasteiger partial charge < -0.3 is 9.47 Å². The van der Waals surface area contributed by atoms with Crippen molar-refractivity contribution in [3.63, 3.8) is 0 Å². The zero-order valence-electron chi connectivity index (χ0n) is 10.7. The van der Waals surface area contributed by atoms with Gasteiger partial charge in [-0.3, -0.25) is 9.45 Å². The molecule has 2 fully saturated rings. The second kappa shape index (κ2) is 5.17. The standard InChI is InChI=1S/C10H15F2NO6S/c1-13-6-2-8(3-7(13)5-18-4-6)19-9(14)10(11,12)20(15,16)17/h6-8H,2-5H2,1H3,(H,15,16,17). The van der Waals surface area contributed by atoms with Gasteiger partial charge in [0, 0.05) is 24.9 Å².